The van der Waals surface area contributed by atoms with Crippen LogP contribution in [0.1, 0.15) is 56.8 Å². The van der Waals surface area contributed by atoms with Crippen molar-refractivity contribution in [3.05, 3.63) is 140 Å². The average Bonchev–Trinajstić information content (AvgIpc) is 3.23. The number of carbonyl (C=O) groups excluding carboxylic acids is 6. The lowest BCUT2D eigenvalue weighted by molar-refractivity contribution is -0.127. The second-order valence-electron chi connectivity index (χ2n) is 14.4. The Kier molecular flexibility index (Phi) is 17.4. The Morgan fingerprint density at radius 3 is 1.36 bits per heavy atom. The van der Waals surface area contributed by atoms with Crippen LogP contribution in [0.15, 0.2) is 118 Å². The second kappa shape index (κ2) is 22.9. The summed E-state index contributed by atoms with van der Waals surface area (Å²) in [5.74, 6) is -2.87. The Morgan fingerprint density at radius 1 is 0.531 bits per heavy atom. The van der Waals surface area contributed by atoms with Crippen molar-refractivity contribution in [2.75, 3.05) is 33.0 Å². The summed E-state index contributed by atoms with van der Waals surface area (Å²) in [5, 5.41) is 27.4. The minimum atomic E-state index is -1.58. The van der Waals surface area contributed by atoms with Crippen LogP contribution >= 0.6 is 46.4 Å². The maximum atomic E-state index is 13.5. The van der Waals surface area contributed by atoms with Gasteiger partial charge in [-0.15, -0.1) is 23.2 Å². The van der Waals surface area contributed by atoms with Crippen LogP contribution in [-0.2, 0) is 32.0 Å². The lowest BCUT2D eigenvalue weighted by atomic mass is 10.1. The number of Topliss-reactive ketones (excluding diaryl/α,β-unsaturated/α-hetero) is 2. The summed E-state index contributed by atoms with van der Waals surface area (Å²) in [6, 6.07) is 23.1. The highest BCUT2D eigenvalue weighted by Crippen LogP contribution is 2.30. The molecular weight excluding hydrogens is 902 g/mol. The zero-order valence-corrected chi connectivity index (χ0v) is 38.0. The van der Waals surface area contributed by atoms with Crippen LogP contribution in [-0.4, -0.2) is 59.0 Å². The van der Waals surface area contributed by atoms with E-state index in [0.717, 1.165) is 11.1 Å². The number of amides is 4. The van der Waals surface area contributed by atoms with Crippen LogP contribution in [0.2, 0.25) is 10.0 Å². The van der Waals surface area contributed by atoms with E-state index >= 15 is 0 Å². The molecule has 0 aliphatic rings. The maximum Gasteiger partial charge on any atom is 0.258 e. The van der Waals surface area contributed by atoms with E-state index in [1.807, 2.05) is 24.3 Å². The summed E-state index contributed by atoms with van der Waals surface area (Å²) >= 11 is 24.4. The van der Waals surface area contributed by atoms with Crippen LogP contribution in [0.3, 0.4) is 0 Å². The van der Waals surface area contributed by atoms with Gasteiger partial charge in [0.2, 0.25) is 12.1 Å². The smallest absolute Gasteiger partial charge is 0.258 e. The molecule has 5 aromatic carbocycles. The molecule has 4 amide bonds. The molecule has 2 atom stereocenters. The number of nitrogens with one attached hydrogen (secondary N) is 4. The van der Waals surface area contributed by atoms with Gasteiger partial charge in [0.15, 0.2) is 11.6 Å². The van der Waals surface area contributed by atoms with Crippen LogP contribution in [0, 0.1) is 13.8 Å². The molecule has 0 aliphatic heterocycles. The molecule has 64 heavy (non-hydrogen) atoms. The lowest BCUT2D eigenvalue weighted by Gasteiger charge is -2.17. The van der Waals surface area contributed by atoms with Gasteiger partial charge in [0.1, 0.15) is 11.4 Å². The van der Waals surface area contributed by atoms with Crippen molar-refractivity contribution in [2.45, 2.75) is 52.6 Å². The van der Waals surface area contributed by atoms with E-state index in [1.165, 1.54) is 50.2 Å². The largest absolute Gasteiger partial charge is 0.324 e. The van der Waals surface area contributed by atoms with Crippen molar-refractivity contribution in [1.29, 1.82) is 0 Å². The van der Waals surface area contributed by atoms with E-state index in [0.29, 0.717) is 52.8 Å². The Balaban J connectivity index is 1.25. The van der Waals surface area contributed by atoms with Gasteiger partial charge in [0, 0.05) is 45.6 Å². The van der Waals surface area contributed by atoms with E-state index in [2.05, 4.69) is 41.7 Å². The molecule has 0 heterocycles. The minimum absolute atomic E-state index is 0.0552. The van der Waals surface area contributed by atoms with Gasteiger partial charge in [-0.2, -0.15) is 20.5 Å². The van der Waals surface area contributed by atoms with Gasteiger partial charge in [-0.25, -0.2) is 0 Å². The summed E-state index contributed by atoms with van der Waals surface area (Å²) in [4.78, 5) is 78.3. The minimum Gasteiger partial charge on any atom is -0.324 e. The number of azo groups is 2. The van der Waals surface area contributed by atoms with Crippen molar-refractivity contribution in [1.82, 2.24) is 0 Å². The average molecular weight is 945 g/mol. The molecule has 0 spiro atoms. The third kappa shape index (κ3) is 13.3. The van der Waals surface area contributed by atoms with Crippen molar-refractivity contribution in [3.63, 3.8) is 0 Å². The van der Waals surface area contributed by atoms with Crippen molar-refractivity contribution in [2.24, 2.45) is 20.5 Å². The normalized spacial score (nSPS) is 12.1. The molecule has 18 heteroatoms. The third-order valence-corrected chi connectivity index (χ3v) is 10.4. The molecular formula is C46H42Cl4N8O6. The molecule has 330 valence electrons. The Bertz CT molecular complexity index is 2650. The fourth-order valence-electron chi connectivity index (χ4n) is 6.21. The first-order valence-corrected chi connectivity index (χ1v) is 21.5. The van der Waals surface area contributed by atoms with E-state index in [1.54, 1.807) is 50.2 Å². The van der Waals surface area contributed by atoms with Crippen LogP contribution in [0.5, 0.6) is 0 Å². The maximum absolute atomic E-state index is 13.5. The number of carbonyl (C=O) groups is 6. The number of rotatable bonds is 18. The SMILES string of the molecule is CC(=O)C(N=Nc1cc(C(=O)Nc2cccc(CCCl)c2)ccc1Cl)C(=O)Nc1cc(C)c(NC(=O)C(N=Nc2cc(C(=O)Nc3cccc(CCCl)c3)ccc2Cl)C(C)=O)c(C)c1. The van der Waals surface area contributed by atoms with Gasteiger partial charge in [-0.3, -0.25) is 28.8 Å². The molecule has 0 saturated carbocycles. The van der Waals surface area contributed by atoms with Crippen molar-refractivity contribution < 1.29 is 28.8 Å². The Morgan fingerprint density at radius 2 is 0.953 bits per heavy atom. The first-order valence-electron chi connectivity index (χ1n) is 19.6. The molecule has 0 aliphatic carbocycles. The van der Waals surface area contributed by atoms with Crippen molar-refractivity contribution in [3.8, 4) is 0 Å². The first-order chi connectivity index (χ1) is 30.6. The van der Waals surface area contributed by atoms with E-state index in [9.17, 15) is 28.8 Å². The number of hydrogen-bond acceptors (Lipinski definition) is 10. The van der Waals surface area contributed by atoms with E-state index < -0.39 is 47.3 Å². The monoisotopic (exact) mass is 942 g/mol. The van der Waals surface area contributed by atoms with Crippen LogP contribution in [0.4, 0.5) is 34.1 Å². The zero-order valence-electron chi connectivity index (χ0n) is 35.0. The molecule has 0 bridgehead atoms. The number of halogens is 4. The lowest BCUT2D eigenvalue weighted by Crippen LogP contribution is -2.33. The first kappa shape index (κ1) is 48.7. The number of benzene rings is 5. The highest BCUT2D eigenvalue weighted by molar-refractivity contribution is 6.33. The molecule has 14 nitrogen and oxygen atoms in total. The number of anilines is 4. The Hall–Kier alpha value is -6.32. The van der Waals surface area contributed by atoms with Gasteiger partial charge >= 0.3 is 0 Å². The topological polar surface area (TPSA) is 200 Å². The number of nitrogens with zero attached hydrogens (tertiary/aromatic N) is 4. The van der Waals surface area contributed by atoms with E-state index in [-0.39, 0.29) is 38.2 Å². The highest BCUT2D eigenvalue weighted by Gasteiger charge is 2.26. The highest BCUT2D eigenvalue weighted by atomic mass is 35.5. The van der Waals surface area contributed by atoms with Crippen molar-refractivity contribution >= 4 is 116 Å². The number of hydrogen-bond donors (Lipinski definition) is 4. The van der Waals surface area contributed by atoms with Gasteiger partial charge in [-0.05, 0) is 136 Å². The standard InChI is InChI=1S/C46H42Cl4N8O6/c1-25-19-35(53-45(63)41(27(3)59)57-55-38-23-31(11-13-36(38)49)43(61)51-33-9-5-7-29(21-33)15-17-47)20-26(2)40(25)54-46(64)42(28(4)60)58-56-39-24-32(12-14-37(39)50)44(62)52-34-10-6-8-30(22-34)16-18-48/h5-14,19-24,41-42H,15-18H2,1-4H3,(H,51,61)(H,52,62)(H,53,63)(H,54,64). The molecule has 5 aromatic rings. The summed E-state index contributed by atoms with van der Waals surface area (Å²) in [7, 11) is 0. The van der Waals surface area contributed by atoms with Gasteiger partial charge in [-0.1, -0.05) is 47.5 Å². The number of ketones is 2. The summed E-state index contributed by atoms with van der Waals surface area (Å²) in [5.41, 5.74) is 5.16. The number of alkyl halides is 2. The van der Waals surface area contributed by atoms with Gasteiger partial charge < -0.3 is 21.3 Å². The van der Waals surface area contributed by atoms with E-state index in [4.69, 9.17) is 46.4 Å². The molecule has 4 N–H and O–H groups in total. The summed E-state index contributed by atoms with van der Waals surface area (Å²) < 4.78 is 0. The van der Waals surface area contributed by atoms with Gasteiger partial charge in [0.25, 0.3) is 23.6 Å². The predicted molar refractivity (Wildman–Crippen MR) is 252 cm³/mol. The van der Waals surface area contributed by atoms with Crippen LogP contribution < -0.4 is 21.3 Å². The predicted octanol–water partition coefficient (Wildman–Crippen LogP) is 11.0. The Labute approximate surface area is 389 Å². The van der Waals surface area contributed by atoms with Crippen LogP contribution in [0.25, 0.3) is 0 Å². The quantitative estimate of drug-likeness (QED) is 0.0382. The molecule has 0 aromatic heterocycles. The zero-order chi connectivity index (χ0) is 46.5. The molecule has 2 unspecified atom stereocenters. The summed E-state index contributed by atoms with van der Waals surface area (Å²) in [6.07, 6.45) is 1.27. The van der Waals surface area contributed by atoms with Gasteiger partial charge in [0.05, 0.1) is 10.0 Å². The number of aryl methyl sites for hydroxylation is 4. The molecule has 0 radical (unpaired) electrons. The fourth-order valence-corrected chi connectivity index (χ4v) is 6.95. The molecule has 5 rings (SSSR count). The fraction of sp³-hybridized carbons (Fsp3) is 0.217. The molecule has 0 fully saturated rings. The molecule has 0 saturated heterocycles. The second-order valence-corrected chi connectivity index (χ2v) is 16.0. The summed E-state index contributed by atoms with van der Waals surface area (Å²) in [6.45, 7) is 5.69. The third-order valence-electron chi connectivity index (χ3n) is 9.43.